The van der Waals surface area contributed by atoms with Crippen LogP contribution in [0.3, 0.4) is 0 Å². The van der Waals surface area contributed by atoms with Crippen LogP contribution in [-0.4, -0.2) is 87.1 Å². The molecule has 9 nitrogen and oxygen atoms in total. The number of ether oxygens (including phenoxy) is 2. The Kier molecular flexibility index (Phi) is 6.84. The molecular formula is C32H48O9. The van der Waals surface area contributed by atoms with E-state index >= 15 is 0 Å². The fraction of sp³-hybridized carbons (Fsp3) is 0.875. The van der Waals surface area contributed by atoms with Crippen molar-refractivity contribution < 1.29 is 44.6 Å². The predicted molar refractivity (Wildman–Crippen MR) is 147 cm³/mol. The Bertz CT molecular complexity index is 1150. The monoisotopic (exact) mass is 576 g/mol. The summed E-state index contributed by atoms with van der Waals surface area (Å²) in [6, 6.07) is 0. The van der Waals surface area contributed by atoms with Crippen LogP contribution in [0, 0.1) is 44.8 Å². The fourth-order valence-electron chi connectivity index (χ4n) is 11.2. The van der Waals surface area contributed by atoms with E-state index in [4.69, 9.17) is 9.47 Å². The minimum Gasteiger partial charge on any atom is -0.392 e. The third-order valence-corrected chi connectivity index (χ3v) is 13.3. The smallest absolute Gasteiger partial charge is 0.186 e. The second kappa shape index (κ2) is 9.40. The zero-order chi connectivity index (χ0) is 29.9. The molecule has 230 valence electrons. The molecule has 0 bridgehead atoms. The standard InChI is InChI=1S/C32H48O9/c1-16(10-17(34)13-33)24-18(35)11-29(4)21-7-6-20-28(2,3)23(41-27-26(39)25(38)19(36)14-40-27)8-9-31(20)15-32(21,31)22(37)12-30(24,29)5/h7,16,19-20,22-27,33,36-39H,6,8-15H2,1-5H3/t16-,19-,20?,22+,23+,24+,25+,26-,27+,29+,30-,31-,32+/m1/s1. The number of hydrogen-bond donors (Lipinski definition) is 5. The summed E-state index contributed by atoms with van der Waals surface area (Å²) in [5.41, 5.74) is -0.464. The molecule has 13 atom stereocenters. The van der Waals surface area contributed by atoms with Gasteiger partial charge in [0.25, 0.3) is 0 Å². The van der Waals surface area contributed by atoms with Crippen LogP contribution in [0.4, 0.5) is 0 Å². The number of aliphatic hydroxyl groups excluding tert-OH is 5. The Morgan fingerprint density at radius 3 is 2.54 bits per heavy atom. The maximum absolute atomic E-state index is 13.7. The fourth-order valence-corrected chi connectivity index (χ4v) is 11.2. The third-order valence-electron chi connectivity index (χ3n) is 13.3. The molecule has 9 heteroatoms. The highest BCUT2D eigenvalue weighted by atomic mass is 16.7. The van der Waals surface area contributed by atoms with Crippen LogP contribution in [0.15, 0.2) is 11.6 Å². The van der Waals surface area contributed by atoms with E-state index in [-0.39, 0.29) is 64.7 Å². The summed E-state index contributed by atoms with van der Waals surface area (Å²) in [6.07, 6.45) is 0.960. The second-order valence-corrected chi connectivity index (χ2v) is 15.4. The van der Waals surface area contributed by atoms with Gasteiger partial charge in [0.1, 0.15) is 30.7 Å². The van der Waals surface area contributed by atoms with E-state index in [1.807, 2.05) is 6.92 Å². The number of Topliss-reactive ketones (excluding diaryl/α,β-unsaturated/α-hetero) is 2. The van der Waals surface area contributed by atoms with E-state index in [9.17, 15) is 35.1 Å². The van der Waals surface area contributed by atoms with Gasteiger partial charge in [-0.15, -0.1) is 0 Å². The topological polar surface area (TPSA) is 154 Å². The lowest BCUT2D eigenvalue weighted by molar-refractivity contribution is -0.301. The Balaban J connectivity index is 1.30. The number of hydrogen-bond acceptors (Lipinski definition) is 9. The van der Waals surface area contributed by atoms with Gasteiger partial charge in [-0.1, -0.05) is 46.3 Å². The highest BCUT2D eigenvalue weighted by Gasteiger charge is 2.84. The van der Waals surface area contributed by atoms with Crippen LogP contribution >= 0.6 is 0 Å². The molecule has 4 saturated carbocycles. The molecule has 2 spiro atoms. The van der Waals surface area contributed by atoms with Crippen molar-refractivity contribution in [2.75, 3.05) is 13.2 Å². The first-order valence-corrected chi connectivity index (χ1v) is 15.5. The highest BCUT2D eigenvalue weighted by molar-refractivity contribution is 5.88. The molecule has 0 aromatic rings. The zero-order valence-corrected chi connectivity index (χ0v) is 25.0. The van der Waals surface area contributed by atoms with Gasteiger partial charge in [0, 0.05) is 29.6 Å². The van der Waals surface area contributed by atoms with Crippen molar-refractivity contribution in [1.29, 1.82) is 0 Å². The second-order valence-electron chi connectivity index (χ2n) is 15.4. The molecule has 0 aromatic heterocycles. The van der Waals surface area contributed by atoms with Crippen LogP contribution in [-0.2, 0) is 19.1 Å². The minimum atomic E-state index is -1.34. The molecular weight excluding hydrogens is 528 g/mol. The van der Waals surface area contributed by atoms with Crippen LogP contribution < -0.4 is 0 Å². The van der Waals surface area contributed by atoms with Gasteiger partial charge in [-0.2, -0.15) is 0 Å². The zero-order valence-electron chi connectivity index (χ0n) is 25.0. The normalized spacial score (nSPS) is 52.4. The largest absolute Gasteiger partial charge is 0.392 e. The average molecular weight is 577 g/mol. The van der Waals surface area contributed by atoms with Gasteiger partial charge >= 0.3 is 0 Å². The summed E-state index contributed by atoms with van der Waals surface area (Å²) in [6.45, 7) is 10.0. The van der Waals surface area contributed by atoms with E-state index in [1.165, 1.54) is 5.57 Å². The van der Waals surface area contributed by atoms with Crippen molar-refractivity contribution in [3.63, 3.8) is 0 Å². The van der Waals surface area contributed by atoms with E-state index < -0.39 is 48.1 Å². The van der Waals surface area contributed by atoms with Gasteiger partial charge in [-0.25, -0.2) is 0 Å². The molecule has 0 amide bonds. The van der Waals surface area contributed by atoms with Crippen LogP contribution in [0.25, 0.3) is 0 Å². The predicted octanol–water partition coefficient (Wildman–Crippen LogP) is 1.91. The minimum absolute atomic E-state index is 0.103. The van der Waals surface area contributed by atoms with Gasteiger partial charge in [-0.3, -0.25) is 9.59 Å². The maximum atomic E-state index is 13.7. The van der Waals surface area contributed by atoms with E-state index in [1.54, 1.807) is 0 Å². The average Bonchev–Trinajstić information content (AvgIpc) is 3.53. The van der Waals surface area contributed by atoms with E-state index in [0.717, 1.165) is 19.3 Å². The maximum Gasteiger partial charge on any atom is 0.186 e. The Morgan fingerprint density at radius 1 is 1.15 bits per heavy atom. The van der Waals surface area contributed by atoms with E-state index in [2.05, 4.69) is 33.8 Å². The summed E-state index contributed by atoms with van der Waals surface area (Å²) in [5, 5.41) is 51.9. The molecule has 6 aliphatic rings. The van der Waals surface area contributed by atoms with E-state index in [0.29, 0.717) is 19.3 Å². The van der Waals surface area contributed by atoms with Gasteiger partial charge in [0.2, 0.25) is 0 Å². The van der Waals surface area contributed by atoms with Crippen molar-refractivity contribution in [3.05, 3.63) is 11.6 Å². The molecule has 5 N–H and O–H groups in total. The molecule has 0 aromatic carbocycles. The van der Waals surface area contributed by atoms with Gasteiger partial charge in [0.05, 0.1) is 18.8 Å². The number of aliphatic hydroxyl groups is 5. The Hall–Kier alpha value is -1.20. The number of fused-ring (bicyclic) bond motifs is 2. The number of rotatable bonds is 6. The van der Waals surface area contributed by atoms with Gasteiger partial charge in [0.15, 0.2) is 12.1 Å². The molecule has 41 heavy (non-hydrogen) atoms. The molecule has 1 saturated heterocycles. The highest BCUT2D eigenvalue weighted by Crippen LogP contribution is 2.87. The summed E-state index contributed by atoms with van der Waals surface area (Å²) < 4.78 is 11.9. The summed E-state index contributed by atoms with van der Waals surface area (Å²) in [5.74, 6) is -0.436. The molecule has 1 aliphatic heterocycles. The Morgan fingerprint density at radius 2 is 1.85 bits per heavy atom. The molecule has 1 heterocycles. The van der Waals surface area contributed by atoms with Crippen molar-refractivity contribution in [1.82, 2.24) is 0 Å². The van der Waals surface area contributed by atoms with Crippen LogP contribution in [0.1, 0.15) is 79.6 Å². The molecule has 1 unspecified atom stereocenters. The number of carbonyl (C=O) groups is 2. The lowest BCUT2D eigenvalue weighted by atomic mass is 9.44. The number of ketones is 2. The van der Waals surface area contributed by atoms with Gasteiger partial charge in [-0.05, 0) is 60.2 Å². The molecule has 5 fully saturated rings. The lowest BCUT2D eigenvalue weighted by Gasteiger charge is -2.61. The number of allylic oxidation sites excluding steroid dienone is 1. The van der Waals surface area contributed by atoms with Crippen molar-refractivity contribution in [2.24, 2.45) is 44.8 Å². The quantitative estimate of drug-likeness (QED) is 0.298. The van der Waals surface area contributed by atoms with Crippen molar-refractivity contribution in [3.8, 4) is 0 Å². The first-order chi connectivity index (χ1) is 19.1. The molecule has 5 aliphatic carbocycles. The molecule has 0 radical (unpaired) electrons. The van der Waals surface area contributed by atoms with Crippen LogP contribution in [0.5, 0.6) is 0 Å². The molecule has 6 rings (SSSR count). The first kappa shape index (κ1) is 29.9. The Labute approximate surface area is 242 Å². The number of carbonyl (C=O) groups excluding carboxylic acids is 2. The van der Waals surface area contributed by atoms with Gasteiger partial charge < -0.3 is 35.0 Å². The lowest BCUT2D eigenvalue weighted by Crippen LogP contribution is -2.59. The van der Waals surface area contributed by atoms with Crippen molar-refractivity contribution in [2.45, 2.75) is 116 Å². The van der Waals surface area contributed by atoms with Crippen molar-refractivity contribution >= 4 is 11.6 Å². The third kappa shape index (κ3) is 3.72. The first-order valence-electron chi connectivity index (χ1n) is 15.5. The van der Waals surface area contributed by atoms with Crippen LogP contribution in [0.2, 0.25) is 0 Å². The summed E-state index contributed by atoms with van der Waals surface area (Å²) >= 11 is 0. The summed E-state index contributed by atoms with van der Waals surface area (Å²) in [4.78, 5) is 25.8. The summed E-state index contributed by atoms with van der Waals surface area (Å²) in [7, 11) is 0. The SMILES string of the molecule is C[C@H](CC(=O)CO)[C@H]1C(=O)C[C@@]2(C)C3=CCC4C(C)(C)[C@@H](O[C@@H]5OC[C@@H](O)[C@H](O)[C@H]5O)CC[C@@]45C[C@@]35[C@@H](O)C[C@]12C.